The summed E-state index contributed by atoms with van der Waals surface area (Å²) in [6.07, 6.45) is -8.28. The molecule has 0 aliphatic carbocycles. The molecule has 0 saturated carbocycles. The Balaban J connectivity index is 3.17. The van der Waals surface area contributed by atoms with E-state index >= 15 is 0 Å². The van der Waals surface area contributed by atoms with Crippen LogP contribution in [0, 0.1) is 0 Å². The van der Waals surface area contributed by atoms with Crippen molar-refractivity contribution >= 4 is 0 Å². The van der Waals surface area contributed by atoms with Gasteiger partial charge >= 0.3 is 12.4 Å². The molecule has 2 nitrogen and oxygen atoms in total. The van der Waals surface area contributed by atoms with Crippen LogP contribution in [0.25, 0.3) is 0 Å². The molecule has 0 aliphatic heterocycles. The third-order valence-corrected chi connectivity index (χ3v) is 1.36. The Kier molecular flexibility index (Phi) is 6.73. The van der Waals surface area contributed by atoms with Gasteiger partial charge in [-0.1, -0.05) is 0 Å². The smallest absolute Gasteiger partial charge is 0.372 e. The molecule has 0 fully saturated rings. The molecule has 0 amide bonds. The molecule has 8 heteroatoms. The molecule has 0 bridgehead atoms. The minimum atomic E-state index is -4.37. The van der Waals surface area contributed by atoms with E-state index in [1.807, 2.05) is 0 Å². The molecule has 0 heterocycles. The van der Waals surface area contributed by atoms with Gasteiger partial charge in [-0.25, -0.2) is 0 Å². The number of rotatable bonds is 7. The number of unbranched alkanes of at least 4 members (excludes halogenated alkanes) is 1. The fourth-order valence-electron chi connectivity index (χ4n) is 0.784. The normalized spacial score (nSPS) is 13.1. The summed E-state index contributed by atoms with van der Waals surface area (Å²) < 4.78 is 77.7. The van der Waals surface area contributed by atoms with Crippen molar-refractivity contribution in [3.05, 3.63) is 0 Å². The van der Waals surface area contributed by atoms with E-state index < -0.39 is 25.6 Å². The zero-order valence-electron chi connectivity index (χ0n) is 8.33. The molecule has 0 spiro atoms. The van der Waals surface area contributed by atoms with E-state index in [2.05, 4.69) is 9.47 Å². The van der Waals surface area contributed by atoms with Crippen LogP contribution in [-0.4, -0.2) is 38.8 Å². The van der Waals surface area contributed by atoms with Gasteiger partial charge in [0.1, 0.15) is 13.2 Å². The van der Waals surface area contributed by atoms with Crippen molar-refractivity contribution in [1.82, 2.24) is 0 Å². The van der Waals surface area contributed by atoms with Crippen molar-refractivity contribution < 1.29 is 35.8 Å². The average Bonchev–Trinajstić information content (AvgIpc) is 2.06. The predicted molar refractivity (Wildman–Crippen MR) is 43.0 cm³/mol. The highest BCUT2D eigenvalue weighted by Gasteiger charge is 2.27. The Bertz CT molecular complexity index is 156. The molecule has 16 heavy (non-hydrogen) atoms. The van der Waals surface area contributed by atoms with E-state index in [4.69, 9.17) is 0 Å². The summed E-state index contributed by atoms with van der Waals surface area (Å²) in [6.45, 7) is -2.96. The highest BCUT2D eigenvalue weighted by molar-refractivity contribution is 4.48. The summed E-state index contributed by atoms with van der Waals surface area (Å²) >= 11 is 0. The van der Waals surface area contributed by atoms with Gasteiger partial charge in [-0.05, 0) is 12.8 Å². The molecule has 0 aromatic carbocycles. The second-order valence-corrected chi connectivity index (χ2v) is 3.04. The van der Waals surface area contributed by atoms with Gasteiger partial charge in [0.05, 0.1) is 0 Å². The van der Waals surface area contributed by atoms with Gasteiger partial charge in [-0.3, -0.25) is 0 Å². The van der Waals surface area contributed by atoms with Gasteiger partial charge in [-0.15, -0.1) is 0 Å². The van der Waals surface area contributed by atoms with Crippen LogP contribution in [-0.2, 0) is 9.47 Å². The van der Waals surface area contributed by atoms with Crippen molar-refractivity contribution in [3.63, 3.8) is 0 Å². The maximum absolute atomic E-state index is 11.5. The highest BCUT2D eigenvalue weighted by Crippen LogP contribution is 2.15. The molecule has 0 saturated heterocycles. The lowest BCUT2D eigenvalue weighted by atomic mass is 10.3. The molecule has 0 rings (SSSR count). The monoisotopic (exact) mass is 254 g/mol. The summed E-state index contributed by atoms with van der Waals surface area (Å²) in [6, 6.07) is 0. The third-order valence-electron chi connectivity index (χ3n) is 1.36. The summed E-state index contributed by atoms with van der Waals surface area (Å²) in [5.41, 5.74) is 0. The summed E-state index contributed by atoms with van der Waals surface area (Å²) in [5, 5.41) is 0. The molecule has 98 valence electrons. The van der Waals surface area contributed by atoms with E-state index in [1.165, 1.54) is 0 Å². The first-order valence-corrected chi connectivity index (χ1v) is 4.50. The maximum atomic E-state index is 11.5. The number of hydrogen-bond donors (Lipinski definition) is 0. The Morgan fingerprint density at radius 1 is 0.625 bits per heavy atom. The van der Waals surface area contributed by atoms with Crippen LogP contribution >= 0.6 is 0 Å². The van der Waals surface area contributed by atoms with Gasteiger partial charge in [0.15, 0.2) is 0 Å². The Morgan fingerprint density at radius 3 is 1.19 bits per heavy atom. The van der Waals surface area contributed by atoms with Crippen LogP contribution in [0.15, 0.2) is 0 Å². The minimum Gasteiger partial charge on any atom is -0.372 e. The summed E-state index contributed by atoms with van der Waals surface area (Å²) in [7, 11) is 0. The second-order valence-electron chi connectivity index (χ2n) is 3.04. The fraction of sp³-hybridized carbons (Fsp3) is 1.00. The lowest BCUT2D eigenvalue weighted by molar-refractivity contribution is -0.177. The van der Waals surface area contributed by atoms with Crippen molar-refractivity contribution in [2.45, 2.75) is 25.2 Å². The Hall–Kier alpha value is -0.500. The van der Waals surface area contributed by atoms with Gasteiger partial charge in [0, 0.05) is 13.2 Å². The van der Waals surface area contributed by atoms with E-state index in [0.29, 0.717) is 0 Å². The van der Waals surface area contributed by atoms with E-state index in [0.717, 1.165) is 0 Å². The molecule has 0 unspecified atom stereocenters. The second kappa shape index (κ2) is 6.95. The van der Waals surface area contributed by atoms with Crippen LogP contribution in [0.4, 0.5) is 26.3 Å². The first-order chi connectivity index (χ1) is 7.21. The van der Waals surface area contributed by atoms with E-state index in [1.54, 1.807) is 0 Å². The number of hydrogen-bond acceptors (Lipinski definition) is 2. The van der Waals surface area contributed by atoms with Crippen LogP contribution in [0.3, 0.4) is 0 Å². The quantitative estimate of drug-likeness (QED) is 0.513. The van der Waals surface area contributed by atoms with Crippen molar-refractivity contribution in [1.29, 1.82) is 0 Å². The number of alkyl halides is 6. The van der Waals surface area contributed by atoms with E-state index in [9.17, 15) is 26.3 Å². The minimum absolute atomic E-state index is 0.144. The van der Waals surface area contributed by atoms with Crippen LogP contribution < -0.4 is 0 Å². The molecular formula is C8H12F6O2. The Labute approximate surface area is 88.5 Å². The van der Waals surface area contributed by atoms with Crippen molar-refractivity contribution in [2.24, 2.45) is 0 Å². The molecule has 0 aromatic rings. The van der Waals surface area contributed by atoms with E-state index in [-0.39, 0.29) is 26.1 Å². The zero-order valence-corrected chi connectivity index (χ0v) is 8.33. The Morgan fingerprint density at radius 2 is 0.938 bits per heavy atom. The predicted octanol–water partition coefficient (Wildman–Crippen LogP) is 2.92. The maximum Gasteiger partial charge on any atom is 0.411 e. The molecular weight excluding hydrogens is 242 g/mol. The summed E-state index contributed by atoms with van der Waals surface area (Å²) in [5.74, 6) is 0. The van der Waals surface area contributed by atoms with Crippen molar-refractivity contribution in [3.8, 4) is 0 Å². The van der Waals surface area contributed by atoms with Crippen LogP contribution in [0.5, 0.6) is 0 Å². The standard InChI is InChI=1S/C8H12F6O2/c9-7(10,11)5-15-3-1-2-4-16-6-8(12,13)14/h1-6H2. The lowest BCUT2D eigenvalue weighted by Crippen LogP contribution is -2.18. The van der Waals surface area contributed by atoms with Crippen LogP contribution in [0.1, 0.15) is 12.8 Å². The topological polar surface area (TPSA) is 18.5 Å². The molecule has 0 radical (unpaired) electrons. The van der Waals surface area contributed by atoms with Crippen LogP contribution in [0.2, 0.25) is 0 Å². The van der Waals surface area contributed by atoms with Crippen molar-refractivity contribution in [2.75, 3.05) is 26.4 Å². The molecule has 0 aromatic heterocycles. The van der Waals surface area contributed by atoms with Gasteiger partial charge in [-0.2, -0.15) is 26.3 Å². The van der Waals surface area contributed by atoms with Gasteiger partial charge < -0.3 is 9.47 Å². The number of ether oxygens (including phenoxy) is 2. The fourth-order valence-corrected chi connectivity index (χ4v) is 0.784. The summed E-state index contributed by atoms with van der Waals surface area (Å²) in [4.78, 5) is 0. The van der Waals surface area contributed by atoms with Gasteiger partial charge in [0.25, 0.3) is 0 Å². The zero-order chi connectivity index (χ0) is 12.7. The number of halogens is 6. The molecule has 0 aliphatic rings. The largest absolute Gasteiger partial charge is 0.411 e. The molecule has 0 N–H and O–H groups in total. The average molecular weight is 254 g/mol. The lowest BCUT2D eigenvalue weighted by Gasteiger charge is -2.08. The highest BCUT2D eigenvalue weighted by atomic mass is 19.4. The first-order valence-electron chi connectivity index (χ1n) is 4.50. The SMILES string of the molecule is FC(F)(F)COCCCCOCC(F)(F)F. The third kappa shape index (κ3) is 13.5. The molecule has 0 atom stereocenters. The van der Waals surface area contributed by atoms with Gasteiger partial charge in [0.2, 0.25) is 0 Å². The first kappa shape index (κ1) is 15.5.